The summed E-state index contributed by atoms with van der Waals surface area (Å²) in [4.78, 5) is 44.5. The molecule has 246 valence electrons. The Morgan fingerprint density at radius 3 is 2.26 bits per heavy atom. The van der Waals surface area contributed by atoms with Crippen LogP contribution in [0.2, 0.25) is 0 Å². The third-order valence-electron chi connectivity index (χ3n) is 8.70. The molecule has 0 radical (unpaired) electrons. The van der Waals surface area contributed by atoms with Crippen molar-refractivity contribution in [1.82, 2.24) is 14.1 Å². The number of benzene rings is 2. The van der Waals surface area contributed by atoms with Gasteiger partial charge < -0.3 is 15.0 Å². The summed E-state index contributed by atoms with van der Waals surface area (Å²) in [5, 5.41) is 3.51. The standard InChI is InChI=1S/C34H42N4O6S2/c1-4-37(5-2)33(40)30-28-18-19-36(22-24-10-8-7-9-11-24)23-29(28)45-32(30)35-31(39)25-12-14-27(15-13-25)46(42,43)38-20-16-26(17-21-38)34(41)44-6-3/h7-15,26H,4-6,16-23H2,1-3H3,(H,35,39). The lowest BCUT2D eigenvalue weighted by atomic mass is 9.98. The van der Waals surface area contributed by atoms with Crippen LogP contribution in [-0.4, -0.2) is 79.6 Å². The lowest BCUT2D eigenvalue weighted by Gasteiger charge is -2.30. The van der Waals surface area contributed by atoms with E-state index in [2.05, 4.69) is 22.3 Å². The van der Waals surface area contributed by atoms with Crippen molar-refractivity contribution in [3.63, 3.8) is 0 Å². The highest BCUT2D eigenvalue weighted by Crippen LogP contribution is 2.38. The summed E-state index contributed by atoms with van der Waals surface area (Å²) in [6.45, 7) is 9.80. The lowest BCUT2D eigenvalue weighted by molar-refractivity contribution is -0.149. The van der Waals surface area contributed by atoms with Crippen LogP contribution in [-0.2, 0) is 39.1 Å². The molecule has 0 saturated carbocycles. The molecule has 46 heavy (non-hydrogen) atoms. The highest BCUT2D eigenvalue weighted by Gasteiger charge is 2.33. The molecule has 0 atom stereocenters. The average molecular weight is 667 g/mol. The Hall–Kier alpha value is -3.58. The second kappa shape index (κ2) is 14.9. The molecule has 1 saturated heterocycles. The zero-order valence-corrected chi connectivity index (χ0v) is 28.3. The molecule has 5 rings (SSSR count). The Morgan fingerprint density at radius 1 is 0.957 bits per heavy atom. The molecule has 3 heterocycles. The van der Waals surface area contributed by atoms with Gasteiger partial charge in [-0.2, -0.15) is 4.31 Å². The molecule has 0 unspecified atom stereocenters. The van der Waals surface area contributed by atoms with E-state index in [1.807, 2.05) is 32.0 Å². The number of carbonyl (C=O) groups is 3. The maximum Gasteiger partial charge on any atom is 0.309 e. The van der Waals surface area contributed by atoms with E-state index in [1.54, 1.807) is 11.8 Å². The van der Waals surface area contributed by atoms with Crippen molar-refractivity contribution in [3.05, 3.63) is 81.7 Å². The molecule has 2 aromatic carbocycles. The van der Waals surface area contributed by atoms with Gasteiger partial charge in [-0.25, -0.2) is 8.42 Å². The highest BCUT2D eigenvalue weighted by molar-refractivity contribution is 7.89. The summed E-state index contributed by atoms with van der Waals surface area (Å²) in [6, 6.07) is 16.1. The summed E-state index contributed by atoms with van der Waals surface area (Å²) in [7, 11) is -3.79. The van der Waals surface area contributed by atoms with Gasteiger partial charge in [0, 0.05) is 56.3 Å². The van der Waals surface area contributed by atoms with Gasteiger partial charge in [0.25, 0.3) is 11.8 Å². The Balaban J connectivity index is 1.32. The Kier molecular flexibility index (Phi) is 10.9. The molecule has 0 bridgehead atoms. The van der Waals surface area contributed by atoms with E-state index in [9.17, 15) is 22.8 Å². The van der Waals surface area contributed by atoms with Gasteiger partial charge >= 0.3 is 5.97 Å². The number of hydrogen-bond acceptors (Lipinski definition) is 8. The van der Waals surface area contributed by atoms with Crippen molar-refractivity contribution < 1.29 is 27.5 Å². The summed E-state index contributed by atoms with van der Waals surface area (Å²) in [6.07, 6.45) is 1.52. The van der Waals surface area contributed by atoms with Crippen molar-refractivity contribution >= 4 is 44.1 Å². The van der Waals surface area contributed by atoms with Gasteiger partial charge in [0.1, 0.15) is 5.00 Å². The van der Waals surface area contributed by atoms with Crippen LogP contribution in [0.25, 0.3) is 0 Å². The first-order valence-electron chi connectivity index (χ1n) is 15.9. The summed E-state index contributed by atoms with van der Waals surface area (Å²) < 4.78 is 33.1. The van der Waals surface area contributed by atoms with Crippen LogP contribution >= 0.6 is 11.3 Å². The zero-order valence-electron chi connectivity index (χ0n) is 26.7. The fraction of sp³-hybridized carbons (Fsp3) is 0.441. The number of thiophene rings is 1. The Bertz CT molecular complexity index is 1640. The minimum atomic E-state index is -3.79. The Morgan fingerprint density at radius 2 is 1.63 bits per heavy atom. The fourth-order valence-corrected chi connectivity index (χ4v) is 8.86. The molecule has 0 aliphatic carbocycles. The van der Waals surface area contributed by atoms with Crippen molar-refractivity contribution in [2.75, 3.05) is 44.6 Å². The number of sulfonamides is 1. The van der Waals surface area contributed by atoms with Crippen molar-refractivity contribution in [2.24, 2.45) is 5.92 Å². The number of anilines is 1. The van der Waals surface area contributed by atoms with Crippen molar-refractivity contribution in [3.8, 4) is 0 Å². The second-order valence-corrected chi connectivity index (χ2v) is 14.6. The number of ether oxygens (including phenoxy) is 1. The van der Waals surface area contributed by atoms with Gasteiger partial charge in [-0.15, -0.1) is 11.3 Å². The van der Waals surface area contributed by atoms with Crippen LogP contribution in [0.15, 0.2) is 59.5 Å². The number of piperidine rings is 1. The van der Waals surface area contributed by atoms with Crippen LogP contribution in [0.5, 0.6) is 0 Å². The highest BCUT2D eigenvalue weighted by atomic mass is 32.2. The molecule has 2 amide bonds. The van der Waals surface area contributed by atoms with E-state index in [0.29, 0.717) is 61.6 Å². The van der Waals surface area contributed by atoms with Gasteiger partial charge in [0.2, 0.25) is 10.0 Å². The molecule has 1 aromatic heterocycles. The largest absolute Gasteiger partial charge is 0.466 e. The zero-order chi connectivity index (χ0) is 32.8. The predicted octanol–water partition coefficient (Wildman–Crippen LogP) is 5.00. The first kappa shape index (κ1) is 33.8. The maximum atomic E-state index is 13.7. The maximum absolute atomic E-state index is 13.7. The Labute approximate surface area is 275 Å². The van der Waals surface area contributed by atoms with Gasteiger partial charge in [-0.05, 0) is 75.4 Å². The molecular formula is C34H42N4O6S2. The fourth-order valence-electron chi connectivity index (χ4n) is 6.11. The quantitative estimate of drug-likeness (QED) is 0.286. The number of carbonyl (C=O) groups excluding carboxylic acids is 3. The summed E-state index contributed by atoms with van der Waals surface area (Å²) in [5.41, 5.74) is 3.07. The first-order valence-corrected chi connectivity index (χ1v) is 18.2. The second-order valence-electron chi connectivity index (χ2n) is 11.5. The van der Waals surface area contributed by atoms with Gasteiger partial charge in [0.15, 0.2) is 0 Å². The molecule has 10 nitrogen and oxygen atoms in total. The lowest BCUT2D eigenvalue weighted by Crippen LogP contribution is -2.40. The number of hydrogen-bond donors (Lipinski definition) is 1. The molecule has 0 spiro atoms. The molecule has 2 aliphatic rings. The van der Waals surface area contributed by atoms with Crippen molar-refractivity contribution in [1.29, 1.82) is 0 Å². The van der Waals surface area contributed by atoms with E-state index in [1.165, 1.54) is 45.5 Å². The van der Waals surface area contributed by atoms with E-state index in [-0.39, 0.29) is 35.8 Å². The summed E-state index contributed by atoms with van der Waals surface area (Å²) >= 11 is 1.44. The number of fused-ring (bicyclic) bond motifs is 1. The molecule has 12 heteroatoms. The number of esters is 1. The van der Waals surface area contributed by atoms with E-state index in [0.717, 1.165) is 23.5 Å². The van der Waals surface area contributed by atoms with E-state index < -0.39 is 15.9 Å². The first-order chi connectivity index (χ1) is 22.2. The SMILES string of the molecule is CCOC(=O)C1CCN(S(=O)(=O)c2ccc(C(=O)Nc3sc4c(c3C(=O)N(CC)CC)CCN(Cc3ccccc3)C4)cc2)CC1. The number of nitrogens with one attached hydrogen (secondary N) is 1. The smallest absolute Gasteiger partial charge is 0.309 e. The third-order valence-corrected chi connectivity index (χ3v) is 11.7. The average Bonchev–Trinajstić information content (AvgIpc) is 3.42. The summed E-state index contributed by atoms with van der Waals surface area (Å²) in [5.74, 6) is -1.09. The molecule has 3 aromatic rings. The van der Waals surface area contributed by atoms with Crippen LogP contribution in [0.1, 0.15) is 70.3 Å². The molecule has 1 N–H and O–H groups in total. The number of rotatable bonds is 11. The topological polar surface area (TPSA) is 116 Å². The van der Waals surface area contributed by atoms with E-state index >= 15 is 0 Å². The number of nitrogens with zero attached hydrogens (tertiary/aromatic N) is 3. The molecular weight excluding hydrogens is 625 g/mol. The third kappa shape index (κ3) is 7.35. The van der Waals surface area contributed by atoms with Crippen LogP contribution in [0, 0.1) is 5.92 Å². The predicted molar refractivity (Wildman–Crippen MR) is 178 cm³/mol. The van der Waals surface area contributed by atoms with Gasteiger partial charge in [-0.1, -0.05) is 30.3 Å². The van der Waals surface area contributed by atoms with E-state index in [4.69, 9.17) is 4.74 Å². The van der Waals surface area contributed by atoms with Crippen LogP contribution < -0.4 is 5.32 Å². The molecule has 1 fully saturated rings. The van der Waals surface area contributed by atoms with Crippen LogP contribution in [0.4, 0.5) is 5.00 Å². The van der Waals surface area contributed by atoms with Crippen molar-refractivity contribution in [2.45, 2.75) is 58.0 Å². The van der Waals surface area contributed by atoms with Gasteiger partial charge in [0.05, 0.1) is 23.0 Å². The monoisotopic (exact) mass is 666 g/mol. The minimum absolute atomic E-state index is 0.0844. The number of amides is 2. The molecule has 2 aliphatic heterocycles. The van der Waals surface area contributed by atoms with Gasteiger partial charge in [-0.3, -0.25) is 19.3 Å². The van der Waals surface area contributed by atoms with Crippen LogP contribution in [0.3, 0.4) is 0 Å². The minimum Gasteiger partial charge on any atom is -0.466 e. The normalized spacial score (nSPS) is 16.1.